The lowest BCUT2D eigenvalue weighted by molar-refractivity contribution is -0.123. The number of benzene rings is 1. The summed E-state index contributed by atoms with van der Waals surface area (Å²) in [4.78, 5) is 18.9. The van der Waals surface area contributed by atoms with Crippen molar-refractivity contribution in [1.82, 2.24) is 10.6 Å². The van der Waals surface area contributed by atoms with Gasteiger partial charge in [-0.1, -0.05) is 44.9 Å². The average molecular weight is 484 g/mol. The van der Waals surface area contributed by atoms with Crippen LogP contribution in [0.1, 0.15) is 52.0 Å². The van der Waals surface area contributed by atoms with Crippen molar-refractivity contribution >= 4 is 41.5 Å². The van der Waals surface area contributed by atoms with Crippen LogP contribution in [0.15, 0.2) is 29.3 Å². The molecule has 3 rings (SSSR count). The number of fused-ring (bicyclic) bond motifs is 2. The fraction of sp³-hybridized carbons (Fsp3) is 0.619. The Bertz CT molecular complexity index is 668. The first-order chi connectivity index (χ1) is 12.6. The lowest BCUT2D eigenvalue weighted by atomic mass is 9.81. The minimum absolute atomic E-state index is 0. The first-order valence-electron chi connectivity index (χ1n) is 10.0. The molecule has 150 valence electrons. The Morgan fingerprint density at radius 1 is 1.22 bits per heavy atom. The van der Waals surface area contributed by atoms with E-state index in [1.807, 2.05) is 13.8 Å². The third-order valence-electron chi connectivity index (χ3n) is 5.58. The molecule has 6 heteroatoms. The molecular formula is C21H33IN4O. The van der Waals surface area contributed by atoms with E-state index < -0.39 is 0 Å². The van der Waals surface area contributed by atoms with Crippen LogP contribution in [-0.4, -0.2) is 38.0 Å². The highest BCUT2D eigenvalue weighted by Crippen LogP contribution is 2.50. The number of hydrogen-bond donors (Lipinski definition) is 2. The molecule has 1 amide bonds. The van der Waals surface area contributed by atoms with Crippen molar-refractivity contribution in [3.05, 3.63) is 29.8 Å². The molecule has 1 aliphatic carbocycles. The zero-order valence-corrected chi connectivity index (χ0v) is 19.1. The molecule has 0 bridgehead atoms. The van der Waals surface area contributed by atoms with Gasteiger partial charge in [0.05, 0.1) is 6.54 Å². The van der Waals surface area contributed by atoms with Crippen LogP contribution in [0.3, 0.4) is 0 Å². The molecular weight excluding hydrogens is 451 g/mol. The van der Waals surface area contributed by atoms with Gasteiger partial charge in [-0.3, -0.25) is 9.79 Å². The Morgan fingerprint density at radius 3 is 2.59 bits per heavy atom. The van der Waals surface area contributed by atoms with E-state index in [0.29, 0.717) is 18.5 Å². The van der Waals surface area contributed by atoms with Crippen LogP contribution in [0.25, 0.3) is 0 Å². The number of guanidine groups is 1. The van der Waals surface area contributed by atoms with E-state index in [1.54, 1.807) is 0 Å². The quantitative estimate of drug-likeness (QED) is 0.290. The summed E-state index contributed by atoms with van der Waals surface area (Å²) in [6, 6.07) is 8.79. The number of rotatable bonds is 5. The standard InChI is InChI=1S/C21H32N4O.HI/c1-4-22-20(24-14-13-23-19(26)16(2)3)25-15-21(11-7-8-12-21)17-9-5-6-10-18(17)25;/h5-6,9-10,16H,4,7-8,11-15H2,1-3H3,(H,22,24)(H,23,26);1H. The molecule has 1 aromatic carbocycles. The molecule has 1 spiro atoms. The molecule has 0 saturated heterocycles. The van der Waals surface area contributed by atoms with Crippen LogP contribution in [0.5, 0.6) is 0 Å². The molecule has 2 aliphatic rings. The Labute approximate surface area is 180 Å². The summed E-state index contributed by atoms with van der Waals surface area (Å²) in [6.45, 7) is 8.93. The summed E-state index contributed by atoms with van der Waals surface area (Å²) in [7, 11) is 0. The molecule has 1 heterocycles. The predicted octanol–water partition coefficient (Wildman–Crippen LogP) is 3.67. The van der Waals surface area contributed by atoms with E-state index in [-0.39, 0.29) is 35.8 Å². The summed E-state index contributed by atoms with van der Waals surface area (Å²) in [5, 5.41) is 6.39. The minimum atomic E-state index is 0. The van der Waals surface area contributed by atoms with E-state index in [1.165, 1.54) is 36.9 Å². The summed E-state index contributed by atoms with van der Waals surface area (Å²) >= 11 is 0. The average Bonchev–Trinajstić information content (AvgIpc) is 3.24. The van der Waals surface area contributed by atoms with E-state index in [4.69, 9.17) is 4.99 Å². The number of nitrogens with one attached hydrogen (secondary N) is 2. The van der Waals surface area contributed by atoms with Crippen LogP contribution in [-0.2, 0) is 10.2 Å². The number of carbonyl (C=O) groups is 1. The normalized spacial score (nSPS) is 17.8. The number of aliphatic imine (C=N–C) groups is 1. The van der Waals surface area contributed by atoms with Gasteiger partial charge < -0.3 is 15.5 Å². The minimum Gasteiger partial charge on any atom is -0.356 e. The maximum absolute atomic E-state index is 11.7. The predicted molar refractivity (Wildman–Crippen MR) is 123 cm³/mol. The second kappa shape index (κ2) is 9.75. The molecule has 1 aliphatic heterocycles. The number of carbonyl (C=O) groups excluding carboxylic acids is 1. The Hall–Kier alpha value is -1.31. The van der Waals surface area contributed by atoms with Crippen molar-refractivity contribution in [2.75, 3.05) is 31.1 Å². The van der Waals surface area contributed by atoms with E-state index in [9.17, 15) is 4.79 Å². The van der Waals surface area contributed by atoms with Crippen molar-refractivity contribution < 1.29 is 4.79 Å². The zero-order valence-electron chi connectivity index (χ0n) is 16.8. The van der Waals surface area contributed by atoms with Crippen molar-refractivity contribution in [1.29, 1.82) is 0 Å². The first kappa shape index (κ1) is 22.0. The first-order valence-corrected chi connectivity index (χ1v) is 10.0. The monoisotopic (exact) mass is 484 g/mol. The van der Waals surface area contributed by atoms with E-state index in [2.05, 4.69) is 46.7 Å². The second-order valence-electron chi connectivity index (χ2n) is 7.77. The number of anilines is 1. The van der Waals surface area contributed by atoms with Gasteiger partial charge in [0.2, 0.25) is 5.91 Å². The van der Waals surface area contributed by atoms with Gasteiger partial charge in [0.1, 0.15) is 0 Å². The van der Waals surface area contributed by atoms with E-state index in [0.717, 1.165) is 19.0 Å². The molecule has 0 atom stereocenters. The number of para-hydroxylation sites is 1. The second-order valence-corrected chi connectivity index (χ2v) is 7.77. The van der Waals surface area contributed by atoms with Gasteiger partial charge in [0.15, 0.2) is 5.96 Å². The summed E-state index contributed by atoms with van der Waals surface area (Å²) in [6.07, 6.45) is 5.17. The Kier molecular flexibility index (Phi) is 7.94. The topological polar surface area (TPSA) is 56.7 Å². The maximum atomic E-state index is 11.7. The number of hydrogen-bond acceptors (Lipinski definition) is 2. The largest absolute Gasteiger partial charge is 0.356 e. The molecule has 5 nitrogen and oxygen atoms in total. The molecule has 1 saturated carbocycles. The lowest BCUT2D eigenvalue weighted by Gasteiger charge is -2.26. The number of halogens is 1. The summed E-state index contributed by atoms with van der Waals surface area (Å²) < 4.78 is 0. The van der Waals surface area contributed by atoms with Gasteiger partial charge in [-0.2, -0.15) is 0 Å². The van der Waals surface area contributed by atoms with Crippen LogP contribution in [0.4, 0.5) is 5.69 Å². The number of nitrogens with zero attached hydrogens (tertiary/aromatic N) is 2. The fourth-order valence-electron chi connectivity index (χ4n) is 4.24. The van der Waals surface area contributed by atoms with Gasteiger partial charge in [0, 0.05) is 36.7 Å². The van der Waals surface area contributed by atoms with Crippen molar-refractivity contribution in [3.63, 3.8) is 0 Å². The van der Waals surface area contributed by atoms with Gasteiger partial charge in [-0.05, 0) is 31.4 Å². The van der Waals surface area contributed by atoms with Gasteiger partial charge in [-0.25, -0.2) is 0 Å². The molecule has 0 radical (unpaired) electrons. The highest BCUT2D eigenvalue weighted by molar-refractivity contribution is 14.0. The molecule has 27 heavy (non-hydrogen) atoms. The van der Waals surface area contributed by atoms with Crippen LogP contribution >= 0.6 is 24.0 Å². The molecule has 2 N–H and O–H groups in total. The van der Waals surface area contributed by atoms with Gasteiger partial charge >= 0.3 is 0 Å². The third kappa shape index (κ3) is 4.76. The molecule has 1 fully saturated rings. The van der Waals surface area contributed by atoms with Crippen molar-refractivity contribution in [2.45, 2.75) is 51.9 Å². The Morgan fingerprint density at radius 2 is 1.93 bits per heavy atom. The number of amides is 1. The molecule has 1 aromatic rings. The van der Waals surface area contributed by atoms with Crippen LogP contribution < -0.4 is 15.5 Å². The molecule has 0 unspecified atom stereocenters. The SMILES string of the molecule is CCNC(=NCCNC(=O)C(C)C)N1CC2(CCCC2)c2ccccc21.I. The van der Waals surface area contributed by atoms with Crippen LogP contribution in [0, 0.1) is 5.92 Å². The lowest BCUT2D eigenvalue weighted by Crippen LogP contribution is -2.44. The van der Waals surface area contributed by atoms with Crippen molar-refractivity contribution in [2.24, 2.45) is 10.9 Å². The molecule has 0 aromatic heterocycles. The summed E-state index contributed by atoms with van der Waals surface area (Å²) in [5.41, 5.74) is 3.06. The fourth-order valence-corrected chi connectivity index (χ4v) is 4.24. The van der Waals surface area contributed by atoms with Crippen molar-refractivity contribution in [3.8, 4) is 0 Å². The highest BCUT2D eigenvalue weighted by Gasteiger charge is 2.45. The van der Waals surface area contributed by atoms with Gasteiger partial charge in [0.25, 0.3) is 0 Å². The third-order valence-corrected chi connectivity index (χ3v) is 5.58. The zero-order chi connectivity index (χ0) is 18.6. The Balaban J connectivity index is 0.00000261. The smallest absolute Gasteiger partial charge is 0.222 e. The van der Waals surface area contributed by atoms with Gasteiger partial charge in [-0.15, -0.1) is 24.0 Å². The summed E-state index contributed by atoms with van der Waals surface area (Å²) in [5.74, 6) is 1.03. The van der Waals surface area contributed by atoms with Crippen LogP contribution in [0.2, 0.25) is 0 Å². The van der Waals surface area contributed by atoms with E-state index >= 15 is 0 Å². The highest BCUT2D eigenvalue weighted by atomic mass is 127. The maximum Gasteiger partial charge on any atom is 0.222 e.